The first kappa shape index (κ1) is 22.7. The third kappa shape index (κ3) is 5.84. The van der Waals surface area contributed by atoms with Crippen molar-refractivity contribution in [1.29, 1.82) is 0 Å². The molecule has 0 aliphatic rings. The van der Waals surface area contributed by atoms with Crippen LogP contribution in [0.4, 0.5) is 10.8 Å². The molecular weight excluding hydrogens is 487 g/mol. The summed E-state index contributed by atoms with van der Waals surface area (Å²) in [5.74, 6) is -0.348. The molecular formula is C20H19N5O3S4. The SMILES string of the molecule is COC(=O)Cc1nnc(N[C@@H](Cc2ccc(NSO)cc2)c2csc(-c3cccs3)n2)s1. The highest BCUT2D eigenvalue weighted by atomic mass is 32.2. The van der Waals surface area contributed by atoms with E-state index < -0.39 is 0 Å². The maximum absolute atomic E-state index is 11.5. The molecule has 12 heteroatoms. The number of hydrogen-bond acceptors (Lipinski definition) is 12. The molecule has 4 rings (SSSR count). The Labute approximate surface area is 201 Å². The minimum absolute atomic E-state index is 0.0943. The van der Waals surface area contributed by atoms with Crippen molar-refractivity contribution in [3.05, 3.63) is 63.4 Å². The molecule has 0 saturated heterocycles. The first-order chi connectivity index (χ1) is 15.6. The highest BCUT2D eigenvalue weighted by molar-refractivity contribution is 7.95. The maximum atomic E-state index is 11.5. The lowest BCUT2D eigenvalue weighted by Crippen LogP contribution is -2.14. The molecule has 3 N–H and O–H groups in total. The van der Waals surface area contributed by atoms with Gasteiger partial charge in [-0.25, -0.2) is 4.98 Å². The molecule has 0 fully saturated rings. The fourth-order valence-corrected chi connectivity index (χ4v) is 5.62. The largest absolute Gasteiger partial charge is 0.469 e. The topological polar surface area (TPSA) is 109 Å². The number of carbonyl (C=O) groups excluding carboxylic acids is 1. The van der Waals surface area contributed by atoms with Crippen LogP contribution in [0.2, 0.25) is 0 Å². The second-order valence-corrected chi connectivity index (χ2v) is 9.85. The summed E-state index contributed by atoms with van der Waals surface area (Å²) in [6.45, 7) is 0. The molecule has 1 aromatic carbocycles. The van der Waals surface area contributed by atoms with E-state index in [1.807, 2.05) is 35.7 Å². The van der Waals surface area contributed by atoms with Crippen molar-refractivity contribution in [3.63, 3.8) is 0 Å². The highest BCUT2D eigenvalue weighted by Crippen LogP contribution is 2.32. The van der Waals surface area contributed by atoms with E-state index in [-0.39, 0.29) is 18.4 Å². The third-order valence-electron chi connectivity index (χ3n) is 4.46. The molecule has 0 bridgehead atoms. The van der Waals surface area contributed by atoms with E-state index in [1.165, 1.54) is 18.4 Å². The fourth-order valence-electron chi connectivity index (χ4n) is 2.91. The van der Waals surface area contributed by atoms with Gasteiger partial charge in [0, 0.05) is 11.1 Å². The van der Waals surface area contributed by atoms with Crippen LogP contribution < -0.4 is 10.0 Å². The minimum Gasteiger partial charge on any atom is -0.469 e. The molecule has 0 aliphatic heterocycles. The van der Waals surface area contributed by atoms with E-state index in [9.17, 15) is 4.79 Å². The molecule has 8 nitrogen and oxygen atoms in total. The Balaban J connectivity index is 1.55. The van der Waals surface area contributed by atoms with Crippen molar-refractivity contribution in [2.75, 3.05) is 17.1 Å². The van der Waals surface area contributed by atoms with Gasteiger partial charge in [-0.1, -0.05) is 29.5 Å². The zero-order valence-corrected chi connectivity index (χ0v) is 20.1. The monoisotopic (exact) mass is 505 g/mol. The summed E-state index contributed by atoms with van der Waals surface area (Å²) in [5.41, 5.74) is 2.83. The van der Waals surface area contributed by atoms with E-state index in [4.69, 9.17) is 14.3 Å². The van der Waals surface area contributed by atoms with Crippen LogP contribution in [0.3, 0.4) is 0 Å². The van der Waals surface area contributed by atoms with Crippen LogP contribution in [0.1, 0.15) is 22.3 Å². The second kappa shape index (κ2) is 10.9. The summed E-state index contributed by atoms with van der Waals surface area (Å²) >= 11 is 5.16. The van der Waals surface area contributed by atoms with Gasteiger partial charge in [0.1, 0.15) is 22.2 Å². The smallest absolute Gasteiger partial charge is 0.312 e. The first-order valence-corrected chi connectivity index (χ1v) is 12.8. The minimum atomic E-state index is -0.348. The Morgan fingerprint density at radius 2 is 2.06 bits per heavy atom. The molecule has 32 heavy (non-hydrogen) atoms. The van der Waals surface area contributed by atoms with Gasteiger partial charge in [0.25, 0.3) is 0 Å². The van der Waals surface area contributed by atoms with Gasteiger partial charge in [-0.05, 0) is 35.6 Å². The van der Waals surface area contributed by atoms with Crippen LogP contribution in [0.5, 0.6) is 0 Å². The van der Waals surface area contributed by atoms with E-state index in [0.29, 0.717) is 28.8 Å². The summed E-state index contributed by atoms with van der Waals surface area (Å²) in [6.07, 6.45) is 0.767. The predicted octanol–water partition coefficient (Wildman–Crippen LogP) is 5.37. The summed E-state index contributed by atoms with van der Waals surface area (Å²) in [7, 11) is 1.35. The van der Waals surface area contributed by atoms with Gasteiger partial charge in [-0.2, -0.15) is 0 Å². The van der Waals surface area contributed by atoms with Crippen LogP contribution in [-0.2, 0) is 22.4 Å². The average Bonchev–Trinajstić information content (AvgIpc) is 3.56. The van der Waals surface area contributed by atoms with E-state index in [2.05, 4.69) is 31.7 Å². The van der Waals surface area contributed by atoms with Gasteiger partial charge in [0.15, 0.2) is 0 Å². The van der Waals surface area contributed by atoms with Gasteiger partial charge < -0.3 is 19.3 Å². The fraction of sp³-hybridized carbons (Fsp3) is 0.200. The number of methoxy groups -OCH3 is 1. The number of benzene rings is 1. The van der Waals surface area contributed by atoms with Crippen molar-refractivity contribution < 1.29 is 14.1 Å². The quantitative estimate of drug-likeness (QED) is 0.149. The summed E-state index contributed by atoms with van der Waals surface area (Å²) in [6, 6.07) is 11.8. The molecule has 4 aromatic rings. The van der Waals surface area contributed by atoms with Gasteiger partial charge >= 0.3 is 5.97 Å². The first-order valence-electron chi connectivity index (χ1n) is 9.45. The number of thiophene rings is 1. The molecule has 0 radical (unpaired) electrons. The van der Waals surface area contributed by atoms with Crippen LogP contribution in [0.15, 0.2) is 47.2 Å². The Morgan fingerprint density at radius 1 is 1.22 bits per heavy atom. The van der Waals surface area contributed by atoms with Crippen LogP contribution in [-0.4, -0.2) is 32.8 Å². The number of anilines is 2. The van der Waals surface area contributed by atoms with Crippen molar-refractivity contribution in [3.8, 4) is 9.88 Å². The zero-order chi connectivity index (χ0) is 22.3. The van der Waals surface area contributed by atoms with Crippen molar-refractivity contribution in [2.45, 2.75) is 18.9 Å². The number of hydrogen-bond donors (Lipinski definition) is 3. The van der Waals surface area contributed by atoms with Crippen molar-refractivity contribution in [2.24, 2.45) is 0 Å². The molecule has 0 spiro atoms. The molecule has 3 aromatic heterocycles. The lowest BCUT2D eigenvalue weighted by atomic mass is 10.0. The van der Waals surface area contributed by atoms with E-state index in [1.54, 1.807) is 22.7 Å². The second-order valence-electron chi connectivity index (χ2n) is 6.60. The number of aromatic nitrogens is 3. The number of esters is 1. The van der Waals surface area contributed by atoms with Gasteiger partial charge in [-0.15, -0.1) is 32.9 Å². The van der Waals surface area contributed by atoms with Crippen LogP contribution in [0, 0.1) is 0 Å². The third-order valence-corrected chi connectivity index (χ3v) is 7.54. The highest BCUT2D eigenvalue weighted by Gasteiger charge is 2.19. The summed E-state index contributed by atoms with van der Waals surface area (Å²) in [5, 5.41) is 18.0. The number of ether oxygens (including phenoxy) is 1. The van der Waals surface area contributed by atoms with E-state index >= 15 is 0 Å². The number of nitrogens with one attached hydrogen (secondary N) is 2. The molecule has 3 heterocycles. The normalized spacial score (nSPS) is 11.8. The number of thiazole rings is 1. The number of carbonyl (C=O) groups is 1. The molecule has 1 atom stereocenters. The Morgan fingerprint density at radius 3 is 2.78 bits per heavy atom. The van der Waals surface area contributed by atoms with Crippen molar-refractivity contribution in [1.82, 2.24) is 15.2 Å². The molecule has 166 valence electrons. The Bertz CT molecular complexity index is 1140. The molecule has 0 amide bonds. The zero-order valence-electron chi connectivity index (χ0n) is 16.8. The Hall–Kier alpha value is -2.51. The van der Waals surface area contributed by atoms with Gasteiger partial charge in [0.2, 0.25) is 5.13 Å². The summed E-state index contributed by atoms with van der Waals surface area (Å²) in [4.78, 5) is 17.5. The lowest BCUT2D eigenvalue weighted by molar-refractivity contribution is -0.139. The predicted molar refractivity (Wildman–Crippen MR) is 131 cm³/mol. The van der Waals surface area contributed by atoms with E-state index in [0.717, 1.165) is 26.8 Å². The lowest BCUT2D eigenvalue weighted by Gasteiger charge is -2.16. The van der Waals surface area contributed by atoms with Gasteiger partial charge in [0.05, 0.1) is 30.1 Å². The van der Waals surface area contributed by atoms with Crippen LogP contribution in [0.25, 0.3) is 9.88 Å². The maximum Gasteiger partial charge on any atom is 0.312 e. The summed E-state index contributed by atoms with van der Waals surface area (Å²) < 4.78 is 16.5. The average molecular weight is 506 g/mol. The van der Waals surface area contributed by atoms with Crippen molar-refractivity contribution >= 4 is 63.0 Å². The number of nitrogens with zero attached hydrogens (tertiary/aromatic N) is 3. The number of rotatable bonds is 10. The molecule has 0 saturated carbocycles. The molecule has 0 aliphatic carbocycles. The van der Waals surface area contributed by atoms with Gasteiger partial charge in [-0.3, -0.25) is 4.79 Å². The Kier molecular flexibility index (Phi) is 7.71. The standard InChI is InChI=1S/C20H19N5O3S4/c1-28-18(26)10-17-23-24-20(31-17)22-14(9-12-4-6-13(7-5-12)25-32-27)15-11-30-19(21-15)16-3-2-8-29-16/h2-8,11,14,25,27H,9-10H2,1H3,(H,22,24)/t14-/m0/s1. The van der Waals surface area contributed by atoms with Crippen LogP contribution >= 0.6 is 46.2 Å². The molecule has 0 unspecified atom stereocenters.